The molecule has 0 aliphatic rings. The summed E-state index contributed by atoms with van der Waals surface area (Å²) in [6.07, 6.45) is 0. The Morgan fingerprint density at radius 3 is 2.57 bits per heavy atom. The molecule has 110 valence electrons. The van der Waals surface area contributed by atoms with Gasteiger partial charge in [0.15, 0.2) is 0 Å². The van der Waals surface area contributed by atoms with Crippen molar-refractivity contribution in [3.63, 3.8) is 0 Å². The zero-order chi connectivity index (χ0) is 15.4. The molecule has 1 aromatic heterocycles. The van der Waals surface area contributed by atoms with Crippen molar-refractivity contribution in [3.05, 3.63) is 45.6 Å². The van der Waals surface area contributed by atoms with Crippen LogP contribution in [0.1, 0.15) is 20.1 Å². The van der Waals surface area contributed by atoms with E-state index >= 15 is 0 Å². The number of rotatable bonds is 4. The van der Waals surface area contributed by atoms with E-state index in [0.717, 1.165) is 10.4 Å². The van der Waals surface area contributed by atoms with Crippen molar-refractivity contribution < 1.29 is 14.7 Å². The van der Waals surface area contributed by atoms with Crippen LogP contribution in [0.15, 0.2) is 30.3 Å². The van der Waals surface area contributed by atoms with Gasteiger partial charge in [-0.05, 0) is 43.7 Å². The van der Waals surface area contributed by atoms with Crippen LogP contribution in [0.25, 0.3) is 0 Å². The van der Waals surface area contributed by atoms with E-state index in [0.29, 0.717) is 10.6 Å². The normalized spacial score (nSPS) is 10.2. The zero-order valence-corrected chi connectivity index (χ0v) is 12.6. The summed E-state index contributed by atoms with van der Waals surface area (Å²) in [5.41, 5.74) is 1.22. The molecule has 2 amide bonds. The first-order valence-corrected chi connectivity index (χ1v) is 7.21. The number of aryl methyl sites for hydroxylation is 2. The highest BCUT2D eigenvalue weighted by Gasteiger charge is 2.11. The summed E-state index contributed by atoms with van der Waals surface area (Å²) in [6.45, 7) is 3.60. The third-order valence-electron chi connectivity index (χ3n) is 2.80. The van der Waals surface area contributed by atoms with Crippen LogP contribution in [0.5, 0.6) is 5.75 Å². The van der Waals surface area contributed by atoms with Crippen molar-refractivity contribution in [2.45, 2.75) is 13.8 Å². The second-order valence-corrected chi connectivity index (χ2v) is 5.95. The summed E-state index contributed by atoms with van der Waals surface area (Å²) in [4.78, 5) is 25.2. The molecule has 1 aromatic carbocycles. The lowest BCUT2D eigenvalue weighted by molar-refractivity contribution is -0.115. The number of carbonyl (C=O) groups is 2. The molecule has 0 aliphatic heterocycles. The number of amides is 2. The Morgan fingerprint density at radius 2 is 1.95 bits per heavy atom. The lowest BCUT2D eigenvalue weighted by atomic mass is 10.2. The van der Waals surface area contributed by atoms with E-state index in [9.17, 15) is 14.7 Å². The molecule has 0 radical (unpaired) electrons. The van der Waals surface area contributed by atoms with Gasteiger partial charge in [-0.15, -0.1) is 11.3 Å². The van der Waals surface area contributed by atoms with E-state index in [1.54, 1.807) is 24.3 Å². The fourth-order valence-electron chi connectivity index (χ4n) is 1.75. The van der Waals surface area contributed by atoms with Gasteiger partial charge >= 0.3 is 0 Å². The summed E-state index contributed by atoms with van der Waals surface area (Å²) < 4.78 is 0. The van der Waals surface area contributed by atoms with Gasteiger partial charge in [0.2, 0.25) is 5.91 Å². The molecule has 1 heterocycles. The van der Waals surface area contributed by atoms with Crippen molar-refractivity contribution in [2.75, 3.05) is 11.9 Å². The second-order valence-electron chi connectivity index (χ2n) is 4.66. The molecular formula is C15H16N2O3S. The van der Waals surface area contributed by atoms with Gasteiger partial charge < -0.3 is 15.7 Å². The summed E-state index contributed by atoms with van der Waals surface area (Å²) in [6, 6.07) is 8.53. The predicted molar refractivity (Wildman–Crippen MR) is 82.9 cm³/mol. The quantitative estimate of drug-likeness (QED) is 0.759. The summed E-state index contributed by atoms with van der Waals surface area (Å²) in [5.74, 6) is -0.671. The third kappa shape index (κ3) is 4.06. The Labute approximate surface area is 126 Å². The maximum absolute atomic E-state index is 11.8. The van der Waals surface area contributed by atoms with Crippen LogP contribution in [-0.4, -0.2) is 23.5 Å². The van der Waals surface area contributed by atoms with Gasteiger partial charge in [-0.2, -0.15) is 0 Å². The molecule has 0 unspecified atom stereocenters. The molecule has 0 saturated carbocycles. The summed E-state index contributed by atoms with van der Waals surface area (Å²) >= 11 is 1.37. The van der Waals surface area contributed by atoms with E-state index < -0.39 is 5.91 Å². The topological polar surface area (TPSA) is 78.4 Å². The minimum absolute atomic E-state index is 0.00329. The number of thiophene rings is 1. The van der Waals surface area contributed by atoms with Crippen LogP contribution >= 0.6 is 11.3 Å². The van der Waals surface area contributed by atoms with Crippen LogP contribution < -0.4 is 10.6 Å². The van der Waals surface area contributed by atoms with Crippen LogP contribution in [-0.2, 0) is 4.79 Å². The highest BCUT2D eigenvalue weighted by atomic mass is 32.1. The molecule has 0 fully saturated rings. The molecule has 21 heavy (non-hydrogen) atoms. The lowest BCUT2D eigenvalue weighted by Crippen LogP contribution is -2.32. The van der Waals surface area contributed by atoms with Crippen molar-refractivity contribution in [1.82, 2.24) is 5.32 Å². The molecule has 6 heteroatoms. The number of hydrogen-bond donors (Lipinski definition) is 3. The molecule has 2 rings (SSSR count). The SMILES string of the molecule is Cc1ccc(NC(=O)CNC(=O)c2ccc(C)s2)c(O)c1. The number of carbonyl (C=O) groups excluding carboxylic acids is 2. The Hall–Kier alpha value is -2.34. The first kappa shape index (κ1) is 15.1. The van der Waals surface area contributed by atoms with E-state index in [-0.39, 0.29) is 18.2 Å². The maximum atomic E-state index is 11.8. The molecule has 5 nitrogen and oxygen atoms in total. The smallest absolute Gasteiger partial charge is 0.261 e. The van der Waals surface area contributed by atoms with Crippen LogP contribution in [0.4, 0.5) is 5.69 Å². The fourth-order valence-corrected chi connectivity index (χ4v) is 2.53. The number of aromatic hydroxyl groups is 1. The molecule has 3 N–H and O–H groups in total. The Bertz CT molecular complexity index is 679. The van der Waals surface area contributed by atoms with E-state index in [1.807, 2.05) is 19.9 Å². The summed E-state index contributed by atoms with van der Waals surface area (Å²) in [7, 11) is 0. The predicted octanol–water partition coefficient (Wildman–Crippen LogP) is 2.44. The van der Waals surface area contributed by atoms with Crippen molar-refractivity contribution in [3.8, 4) is 5.75 Å². The minimum atomic E-state index is -0.393. The Morgan fingerprint density at radius 1 is 1.19 bits per heavy atom. The van der Waals surface area contributed by atoms with Gasteiger partial charge in [-0.1, -0.05) is 6.07 Å². The number of benzene rings is 1. The van der Waals surface area contributed by atoms with Crippen LogP contribution in [0.3, 0.4) is 0 Å². The lowest BCUT2D eigenvalue weighted by Gasteiger charge is -2.08. The van der Waals surface area contributed by atoms with Gasteiger partial charge in [-0.25, -0.2) is 0 Å². The van der Waals surface area contributed by atoms with Crippen molar-refractivity contribution >= 4 is 28.8 Å². The number of hydrogen-bond acceptors (Lipinski definition) is 4. The zero-order valence-electron chi connectivity index (χ0n) is 11.8. The average molecular weight is 304 g/mol. The fraction of sp³-hybridized carbons (Fsp3) is 0.200. The van der Waals surface area contributed by atoms with E-state index in [2.05, 4.69) is 10.6 Å². The Kier molecular flexibility index (Phi) is 4.59. The number of phenolic OH excluding ortho intramolecular Hbond substituents is 1. The highest BCUT2D eigenvalue weighted by molar-refractivity contribution is 7.13. The van der Waals surface area contributed by atoms with E-state index in [4.69, 9.17) is 0 Å². The van der Waals surface area contributed by atoms with Gasteiger partial charge in [0.1, 0.15) is 5.75 Å². The first-order chi connectivity index (χ1) is 9.95. The molecular weight excluding hydrogens is 288 g/mol. The van der Waals surface area contributed by atoms with Gasteiger partial charge in [-0.3, -0.25) is 9.59 Å². The molecule has 0 atom stereocenters. The Balaban J connectivity index is 1.89. The van der Waals surface area contributed by atoms with Crippen molar-refractivity contribution in [1.29, 1.82) is 0 Å². The minimum Gasteiger partial charge on any atom is -0.506 e. The highest BCUT2D eigenvalue weighted by Crippen LogP contribution is 2.23. The average Bonchev–Trinajstić information content (AvgIpc) is 2.86. The van der Waals surface area contributed by atoms with Crippen LogP contribution in [0.2, 0.25) is 0 Å². The number of anilines is 1. The molecule has 0 aliphatic carbocycles. The van der Waals surface area contributed by atoms with Crippen molar-refractivity contribution in [2.24, 2.45) is 0 Å². The maximum Gasteiger partial charge on any atom is 0.261 e. The largest absolute Gasteiger partial charge is 0.506 e. The second kappa shape index (κ2) is 6.41. The molecule has 2 aromatic rings. The standard InChI is InChI=1S/C15H16N2O3S/c1-9-3-5-11(12(18)7-9)17-14(19)8-16-15(20)13-6-4-10(2)21-13/h3-7,18H,8H2,1-2H3,(H,16,20)(H,17,19). The van der Waals surface area contributed by atoms with Crippen LogP contribution in [0, 0.1) is 13.8 Å². The monoisotopic (exact) mass is 304 g/mol. The molecule has 0 spiro atoms. The van der Waals surface area contributed by atoms with Gasteiger partial charge in [0.25, 0.3) is 5.91 Å². The van der Waals surface area contributed by atoms with Gasteiger partial charge in [0.05, 0.1) is 17.1 Å². The first-order valence-electron chi connectivity index (χ1n) is 6.40. The van der Waals surface area contributed by atoms with E-state index in [1.165, 1.54) is 11.3 Å². The number of nitrogens with one attached hydrogen (secondary N) is 2. The third-order valence-corrected chi connectivity index (χ3v) is 3.80. The number of phenols is 1. The molecule has 0 bridgehead atoms. The summed E-state index contributed by atoms with van der Waals surface area (Å²) in [5, 5.41) is 14.8. The molecule has 0 saturated heterocycles. The van der Waals surface area contributed by atoms with Gasteiger partial charge in [0, 0.05) is 4.88 Å².